The van der Waals surface area contributed by atoms with Gasteiger partial charge in [-0.25, -0.2) is 13.4 Å². The molecule has 0 aliphatic rings. The predicted molar refractivity (Wildman–Crippen MR) is 86.3 cm³/mol. The molecule has 0 amide bonds. The summed E-state index contributed by atoms with van der Waals surface area (Å²) >= 11 is 0. The first-order valence-corrected chi connectivity index (χ1v) is 8.77. The molecule has 0 saturated heterocycles. The van der Waals surface area contributed by atoms with Crippen LogP contribution >= 0.6 is 0 Å². The lowest BCUT2D eigenvalue weighted by Crippen LogP contribution is -1.97. The van der Waals surface area contributed by atoms with Crippen molar-refractivity contribution in [2.45, 2.75) is 11.4 Å². The highest BCUT2D eigenvalue weighted by Gasteiger charge is 2.06. The molecule has 3 rings (SSSR count). The standard InChI is InChI=1S/C17H16N2O2S/c1-22(20,21)17-8-6-16(7-9-17)15-4-2-14(3-5-15)12-19-11-10-18-13-19/h2-11,13H,12H2,1H3. The lowest BCUT2D eigenvalue weighted by Gasteiger charge is -2.06. The van der Waals surface area contributed by atoms with Crippen molar-refractivity contribution in [1.82, 2.24) is 9.55 Å². The van der Waals surface area contributed by atoms with Crippen LogP contribution in [0.25, 0.3) is 11.1 Å². The summed E-state index contributed by atoms with van der Waals surface area (Å²) in [6.45, 7) is 0.785. The van der Waals surface area contributed by atoms with Crippen molar-refractivity contribution < 1.29 is 8.42 Å². The molecular weight excluding hydrogens is 296 g/mol. The van der Waals surface area contributed by atoms with E-state index in [2.05, 4.69) is 17.1 Å². The van der Waals surface area contributed by atoms with E-state index in [4.69, 9.17) is 0 Å². The minimum absolute atomic E-state index is 0.341. The number of hydrogen-bond acceptors (Lipinski definition) is 3. The van der Waals surface area contributed by atoms with E-state index < -0.39 is 9.84 Å². The topological polar surface area (TPSA) is 52.0 Å². The first-order chi connectivity index (χ1) is 10.5. The zero-order chi connectivity index (χ0) is 15.6. The van der Waals surface area contributed by atoms with Crippen molar-refractivity contribution in [3.05, 3.63) is 72.8 Å². The highest BCUT2D eigenvalue weighted by Crippen LogP contribution is 2.22. The minimum Gasteiger partial charge on any atom is -0.333 e. The lowest BCUT2D eigenvalue weighted by atomic mass is 10.0. The first kappa shape index (κ1) is 14.5. The van der Waals surface area contributed by atoms with Crippen LogP contribution in [0.1, 0.15) is 5.56 Å². The molecule has 0 fully saturated rings. The Hall–Kier alpha value is -2.40. The quantitative estimate of drug-likeness (QED) is 0.744. The molecule has 1 aromatic heterocycles. The normalized spacial score (nSPS) is 11.5. The molecule has 0 bridgehead atoms. The van der Waals surface area contributed by atoms with Crippen LogP contribution in [0, 0.1) is 0 Å². The van der Waals surface area contributed by atoms with Crippen molar-refractivity contribution in [3.8, 4) is 11.1 Å². The van der Waals surface area contributed by atoms with Crippen molar-refractivity contribution in [1.29, 1.82) is 0 Å². The Balaban J connectivity index is 1.80. The Morgan fingerprint density at radius 3 is 2.05 bits per heavy atom. The van der Waals surface area contributed by atoms with Crippen LogP contribution in [-0.4, -0.2) is 24.2 Å². The number of nitrogens with zero attached hydrogens (tertiary/aromatic N) is 2. The average molecular weight is 312 g/mol. The molecule has 0 N–H and O–H groups in total. The zero-order valence-electron chi connectivity index (χ0n) is 12.2. The van der Waals surface area contributed by atoms with Gasteiger partial charge in [0.05, 0.1) is 11.2 Å². The number of benzene rings is 2. The van der Waals surface area contributed by atoms with Crippen LogP contribution in [0.3, 0.4) is 0 Å². The molecule has 22 heavy (non-hydrogen) atoms. The molecule has 0 spiro atoms. The van der Waals surface area contributed by atoms with Crippen LogP contribution in [0.4, 0.5) is 0 Å². The summed E-state index contributed by atoms with van der Waals surface area (Å²) in [4.78, 5) is 4.37. The largest absolute Gasteiger partial charge is 0.333 e. The van der Waals surface area contributed by atoms with Crippen LogP contribution in [0.5, 0.6) is 0 Å². The molecule has 0 radical (unpaired) electrons. The fourth-order valence-electron chi connectivity index (χ4n) is 2.29. The number of imidazole rings is 1. The van der Waals surface area contributed by atoms with E-state index in [1.54, 1.807) is 24.7 Å². The summed E-state index contributed by atoms with van der Waals surface area (Å²) < 4.78 is 24.9. The summed E-state index contributed by atoms with van der Waals surface area (Å²) in [7, 11) is -3.15. The third-order valence-electron chi connectivity index (χ3n) is 3.49. The van der Waals surface area contributed by atoms with E-state index in [-0.39, 0.29) is 0 Å². The van der Waals surface area contributed by atoms with Crippen molar-refractivity contribution in [2.24, 2.45) is 0 Å². The summed E-state index contributed by atoms with van der Waals surface area (Å²) in [6.07, 6.45) is 6.69. The van der Waals surface area contributed by atoms with Gasteiger partial charge >= 0.3 is 0 Å². The van der Waals surface area contributed by atoms with Gasteiger partial charge in [0.25, 0.3) is 0 Å². The zero-order valence-corrected chi connectivity index (χ0v) is 13.0. The van der Waals surface area contributed by atoms with Gasteiger partial charge in [0.15, 0.2) is 9.84 Å². The van der Waals surface area contributed by atoms with Gasteiger partial charge in [-0.05, 0) is 28.8 Å². The predicted octanol–water partition coefficient (Wildman–Crippen LogP) is 3.00. The maximum Gasteiger partial charge on any atom is 0.175 e. The molecule has 3 aromatic rings. The molecule has 0 saturated carbocycles. The Morgan fingerprint density at radius 2 is 1.55 bits per heavy atom. The maximum atomic E-state index is 11.5. The third-order valence-corrected chi connectivity index (χ3v) is 4.62. The number of rotatable bonds is 4. The van der Waals surface area contributed by atoms with E-state index in [0.29, 0.717) is 4.90 Å². The Bertz CT molecular complexity index is 850. The molecule has 4 nitrogen and oxygen atoms in total. The second-order valence-electron chi connectivity index (χ2n) is 5.23. The first-order valence-electron chi connectivity index (χ1n) is 6.87. The number of hydrogen-bond donors (Lipinski definition) is 0. The van der Waals surface area contributed by atoms with Gasteiger partial charge < -0.3 is 4.57 Å². The van der Waals surface area contributed by atoms with Crippen molar-refractivity contribution in [2.75, 3.05) is 6.26 Å². The SMILES string of the molecule is CS(=O)(=O)c1ccc(-c2ccc(Cn3ccnc3)cc2)cc1. The lowest BCUT2D eigenvalue weighted by molar-refractivity contribution is 0.602. The van der Waals surface area contributed by atoms with Gasteiger partial charge in [0.2, 0.25) is 0 Å². The van der Waals surface area contributed by atoms with E-state index in [1.807, 2.05) is 35.0 Å². The fraction of sp³-hybridized carbons (Fsp3) is 0.118. The summed E-state index contributed by atoms with van der Waals surface area (Å²) in [5.41, 5.74) is 3.26. The molecular formula is C17H16N2O2S. The third kappa shape index (κ3) is 3.26. The molecule has 0 atom stereocenters. The highest BCUT2D eigenvalue weighted by molar-refractivity contribution is 7.90. The Kier molecular flexibility index (Phi) is 3.81. The summed E-state index contributed by atoms with van der Waals surface area (Å²) in [5, 5.41) is 0. The molecule has 112 valence electrons. The van der Waals surface area contributed by atoms with Crippen LogP contribution in [0.15, 0.2) is 72.1 Å². The molecule has 5 heteroatoms. The van der Waals surface area contributed by atoms with Crippen LogP contribution in [0.2, 0.25) is 0 Å². The van der Waals surface area contributed by atoms with Crippen molar-refractivity contribution in [3.63, 3.8) is 0 Å². The molecule has 2 aromatic carbocycles. The van der Waals surface area contributed by atoms with Crippen LogP contribution in [-0.2, 0) is 16.4 Å². The van der Waals surface area contributed by atoms with Crippen molar-refractivity contribution >= 4 is 9.84 Å². The van der Waals surface area contributed by atoms with E-state index in [1.165, 1.54) is 11.8 Å². The smallest absolute Gasteiger partial charge is 0.175 e. The van der Waals surface area contributed by atoms with Gasteiger partial charge in [-0.2, -0.15) is 0 Å². The summed E-state index contributed by atoms with van der Waals surface area (Å²) in [6, 6.07) is 15.2. The number of aromatic nitrogens is 2. The monoisotopic (exact) mass is 312 g/mol. The van der Waals surface area contributed by atoms with Crippen LogP contribution < -0.4 is 0 Å². The fourth-order valence-corrected chi connectivity index (χ4v) is 2.92. The highest BCUT2D eigenvalue weighted by atomic mass is 32.2. The van der Waals surface area contributed by atoms with E-state index >= 15 is 0 Å². The Labute approximate surface area is 130 Å². The van der Waals surface area contributed by atoms with Gasteiger partial charge in [0.1, 0.15) is 0 Å². The molecule has 0 unspecified atom stereocenters. The molecule has 0 aliphatic heterocycles. The van der Waals surface area contributed by atoms with Gasteiger partial charge in [0, 0.05) is 25.2 Å². The van der Waals surface area contributed by atoms with E-state index in [0.717, 1.165) is 17.7 Å². The van der Waals surface area contributed by atoms with Gasteiger partial charge in [-0.15, -0.1) is 0 Å². The average Bonchev–Trinajstić information content (AvgIpc) is 3.00. The summed E-state index contributed by atoms with van der Waals surface area (Å²) in [5.74, 6) is 0. The molecule has 1 heterocycles. The molecule has 0 aliphatic carbocycles. The maximum absolute atomic E-state index is 11.5. The minimum atomic E-state index is -3.15. The number of sulfone groups is 1. The second kappa shape index (κ2) is 5.77. The van der Waals surface area contributed by atoms with E-state index in [9.17, 15) is 8.42 Å². The van der Waals surface area contributed by atoms with Gasteiger partial charge in [-0.3, -0.25) is 0 Å². The second-order valence-corrected chi connectivity index (χ2v) is 7.24. The Morgan fingerprint density at radius 1 is 0.955 bits per heavy atom. The van der Waals surface area contributed by atoms with Gasteiger partial charge in [-0.1, -0.05) is 36.4 Å².